The van der Waals surface area contributed by atoms with Gasteiger partial charge in [-0.15, -0.1) is 0 Å². The van der Waals surface area contributed by atoms with Gasteiger partial charge in [0.05, 0.1) is 18.6 Å². The Morgan fingerprint density at radius 2 is 2.09 bits per heavy atom. The van der Waals surface area contributed by atoms with Crippen LogP contribution in [-0.4, -0.2) is 16.0 Å². The minimum atomic E-state index is -0.180. The molecule has 1 aromatic carbocycles. The maximum Gasteiger partial charge on any atom is 0.123 e. The van der Waals surface area contributed by atoms with E-state index in [0.29, 0.717) is 0 Å². The largest absolute Gasteiger partial charge is 0.472 e. The minimum Gasteiger partial charge on any atom is -0.472 e. The van der Waals surface area contributed by atoms with Gasteiger partial charge < -0.3 is 8.98 Å². The highest BCUT2D eigenvalue weighted by molar-refractivity contribution is 5.27. The molecule has 0 amide bonds. The first-order chi connectivity index (χ1) is 11.3. The summed E-state index contributed by atoms with van der Waals surface area (Å²) in [5, 5.41) is 0. The number of hydrogen-bond donors (Lipinski definition) is 0. The predicted molar refractivity (Wildman–Crippen MR) is 86.4 cm³/mol. The number of nitrogens with zero attached hydrogens (tertiary/aromatic N) is 2. The molecule has 1 unspecified atom stereocenters. The number of halogens is 1. The van der Waals surface area contributed by atoms with Gasteiger partial charge in [-0.3, -0.25) is 4.90 Å². The van der Waals surface area contributed by atoms with E-state index in [9.17, 15) is 4.39 Å². The maximum absolute atomic E-state index is 13.5. The molecule has 0 saturated carbocycles. The average Bonchev–Trinajstić information content (AvgIpc) is 3.18. The molecule has 0 spiro atoms. The average molecular weight is 310 g/mol. The zero-order valence-electron chi connectivity index (χ0n) is 12.9. The van der Waals surface area contributed by atoms with Crippen molar-refractivity contribution in [2.75, 3.05) is 6.54 Å². The quantitative estimate of drug-likeness (QED) is 0.722. The van der Waals surface area contributed by atoms with E-state index in [2.05, 4.69) is 27.8 Å². The third kappa shape index (κ3) is 2.82. The second-order valence-electron chi connectivity index (χ2n) is 6.04. The Hall–Kier alpha value is -2.33. The summed E-state index contributed by atoms with van der Waals surface area (Å²) in [7, 11) is 0. The lowest BCUT2D eigenvalue weighted by Crippen LogP contribution is -2.29. The predicted octanol–water partition coefficient (Wildman–Crippen LogP) is 4.22. The van der Waals surface area contributed by atoms with Gasteiger partial charge in [0.15, 0.2) is 0 Å². The van der Waals surface area contributed by atoms with Gasteiger partial charge >= 0.3 is 0 Å². The van der Waals surface area contributed by atoms with E-state index in [1.807, 2.05) is 18.4 Å². The summed E-state index contributed by atoms with van der Waals surface area (Å²) in [5.74, 6) is -0.180. The number of furan rings is 1. The number of hydrogen-bond acceptors (Lipinski definition) is 2. The molecule has 0 fully saturated rings. The summed E-state index contributed by atoms with van der Waals surface area (Å²) in [5.41, 5.74) is 3.40. The Labute approximate surface area is 135 Å². The number of aromatic nitrogens is 1. The van der Waals surface area contributed by atoms with Crippen LogP contribution in [0.25, 0.3) is 0 Å². The topological polar surface area (TPSA) is 21.3 Å². The molecule has 4 rings (SSSR count). The molecule has 118 valence electrons. The van der Waals surface area contributed by atoms with E-state index < -0.39 is 0 Å². The number of benzene rings is 1. The van der Waals surface area contributed by atoms with E-state index in [1.165, 1.54) is 11.8 Å². The van der Waals surface area contributed by atoms with Gasteiger partial charge in [0, 0.05) is 37.1 Å². The molecule has 1 aliphatic rings. The van der Waals surface area contributed by atoms with Gasteiger partial charge in [-0.05, 0) is 42.3 Å². The molecule has 4 heteroatoms. The van der Waals surface area contributed by atoms with E-state index >= 15 is 0 Å². The van der Waals surface area contributed by atoms with Crippen LogP contribution in [0.15, 0.2) is 65.6 Å². The monoisotopic (exact) mass is 310 g/mol. The molecular formula is C19H19FN2O. The molecule has 0 N–H and O–H groups in total. The van der Waals surface area contributed by atoms with Crippen LogP contribution in [0.1, 0.15) is 29.3 Å². The number of fused-ring (bicyclic) bond motifs is 1. The van der Waals surface area contributed by atoms with Gasteiger partial charge in [-0.25, -0.2) is 4.39 Å². The Bertz CT molecular complexity index is 778. The van der Waals surface area contributed by atoms with E-state index in [-0.39, 0.29) is 11.9 Å². The lowest BCUT2D eigenvalue weighted by atomic mass is 10.0. The van der Waals surface area contributed by atoms with Crippen molar-refractivity contribution in [2.45, 2.75) is 25.6 Å². The molecular weight excluding hydrogens is 291 g/mol. The third-order valence-electron chi connectivity index (χ3n) is 4.49. The fraction of sp³-hybridized carbons (Fsp3) is 0.263. The highest BCUT2D eigenvalue weighted by Crippen LogP contribution is 2.33. The molecule has 3 aromatic rings. The highest BCUT2D eigenvalue weighted by atomic mass is 19.1. The van der Waals surface area contributed by atoms with E-state index in [4.69, 9.17) is 4.42 Å². The first-order valence-corrected chi connectivity index (χ1v) is 7.97. The molecule has 0 aliphatic carbocycles. The van der Waals surface area contributed by atoms with Crippen LogP contribution < -0.4 is 0 Å². The van der Waals surface area contributed by atoms with Crippen LogP contribution in [0.5, 0.6) is 0 Å². The summed E-state index contributed by atoms with van der Waals surface area (Å²) in [6, 6.07) is 13.3. The zero-order valence-corrected chi connectivity index (χ0v) is 12.9. The first kappa shape index (κ1) is 14.3. The molecule has 2 aromatic heterocycles. The molecule has 0 saturated heterocycles. The first-order valence-electron chi connectivity index (χ1n) is 7.97. The highest BCUT2D eigenvalue weighted by Gasteiger charge is 2.28. The van der Waals surface area contributed by atoms with Crippen LogP contribution in [0.4, 0.5) is 4.39 Å². The van der Waals surface area contributed by atoms with Gasteiger partial charge in [-0.2, -0.15) is 0 Å². The summed E-state index contributed by atoms with van der Waals surface area (Å²) >= 11 is 0. The lowest BCUT2D eigenvalue weighted by molar-refractivity contribution is 0.219. The normalized spacial score (nSPS) is 18.6. The lowest BCUT2D eigenvalue weighted by Gasteiger charge is -2.29. The molecule has 0 radical (unpaired) electrons. The van der Waals surface area contributed by atoms with Crippen molar-refractivity contribution in [1.29, 1.82) is 0 Å². The van der Waals surface area contributed by atoms with Crippen LogP contribution in [-0.2, 0) is 13.1 Å². The van der Waals surface area contributed by atoms with Crippen molar-refractivity contribution < 1.29 is 8.81 Å². The Kier molecular flexibility index (Phi) is 3.75. The fourth-order valence-electron chi connectivity index (χ4n) is 3.49. The van der Waals surface area contributed by atoms with Crippen LogP contribution in [0.2, 0.25) is 0 Å². The minimum absolute atomic E-state index is 0.134. The molecule has 3 heterocycles. The van der Waals surface area contributed by atoms with Crippen LogP contribution in [0, 0.1) is 5.82 Å². The van der Waals surface area contributed by atoms with E-state index in [0.717, 1.165) is 37.2 Å². The molecule has 0 bridgehead atoms. The van der Waals surface area contributed by atoms with Crippen molar-refractivity contribution in [2.24, 2.45) is 0 Å². The summed E-state index contributed by atoms with van der Waals surface area (Å²) in [6.07, 6.45) is 6.74. The van der Waals surface area contributed by atoms with Crippen molar-refractivity contribution >= 4 is 0 Å². The zero-order chi connectivity index (χ0) is 15.6. The number of aryl methyl sites for hydroxylation is 1. The van der Waals surface area contributed by atoms with Crippen molar-refractivity contribution in [3.63, 3.8) is 0 Å². The second kappa shape index (κ2) is 6.05. The standard InChI is InChI=1S/C19H19FN2O/c20-17-5-1-4-15(12-17)13-22-10-3-9-21-8-2-6-18(21)19(22)16-7-11-23-14-16/h1-2,4-8,11-12,14,19H,3,9-10,13H2. The molecule has 3 nitrogen and oxygen atoms in total. The van der Waals surface area contributed by atoms with Crippen molar-refractivity contribution in [3.05, 3.63) is 83.8 Å². The molecule has 23 heavy (non-hydrogen) atoms. The number of rotatable bonds is 3. The van der Waals surface area contributed by atoms with Gasteiger partial charge in [-0.1, -0.05) is 12.1 Å². The SMILES string of the molecule is Fc1cccc(CN2CCCn3cccc3C2c2ccoc2)c1. The molecule has 1 aliphatic heterocycles. The third-order valence-corrected chi connectivity index (χ3v) is 4.49. The van der Waals surface area contributed by atoms with Gasteiger partial charge in [0.2, 0.25) is 0 Å². The van der Waals surface area contributed by atoms with E-state index in [1.54, 1.807) is 18.4 Å². The van der Waals surface area contributed by atoms with Crippen molar-refractivity contribution in [1.82, 2.24) is 9.47 Å². The summed E-state index contributed by atoms with van der Waals surface area (Å²) in [6.45, 7) is 2.70. The van der Waals surface area contributed by atoms with Crippen LogP contribution in [0.3, 0.4) is 0 Å². The Morgan fingerprint density at radius 1 is 1.13 bits per heavy atom. The smallest absolute Gasteiger partial charge is 0.123 e. The maximum atomic E-state index is 13.5. The van der Waals surface area contributed by atoms with Crippen LogP contribution >= 0.6 is 0 Å². The summed E-state index contributed by atoms with van der Waals surface area (Å²) in [4.78, 5) is 2.40. The van der Waals surface area contributed by atoms with Gasteiger partial charge in [0.25, 0.3) is 0 Å². The fourth-order valence-corrected chi connectivity index (χ4v) is 3.49. The van der Waals surface area contributed by atoms with Crippen molar-refractivity contribution in [3.8, 4) is 0 Å². The Morgan fingerprint density at radius 3 is 2.91 bits per heavy atom. The van der Waals surface area contributed by atoms with Gasteiger partial charge in [0.1, 0.15) is 5.82 Å². The second-order valence-corrected chi connectivity index (χ2v) is 6.04. The Balaban J connectivity index is 1.72. The summed E-state index contributed by atoms with van der Waals surface area (Å²) < 4.78 is 21.2. The molecule has 1 atom stereocenters.